The molecule has 0 heterocycles. The van der Waals surface area contributed by atoms with E-state index in [0.29, 0.717) is 18.5 Å². The van der Waals surface area contributed by atoms with Crippen LogP contribution in [-0.2, 0) is 16.1 Å². The van der Waals surface area contributed by atoms with Crippen molar-refractivity contribution in [2.24, 2.45) is 0 Å². The Bertz CT molecular complexity index is 464. The molecule has 1 aromatic rings. The first-order valence-electron chi connectivity index (χ1n) is 6.38. The summed E-state index contributed by atoms with van der Waals surface area (Å²) in [6.07, 6.45) is 0.367. The van der Waals surface area contributed by atoms with E-state index in [0.717, 1.165) is 0 Å². The van der Waals surface area contributed by atoms with Crippen molar-refractivity contribution in [1.82, 2.24) is 4.90 Å². The molecule has 20 heavy (non-hydrogen) atoms. The third kappa shape index (κ3) is 6.29. The highest BCUT2D eigenvalue weighted by molar-refractivity contribution is 5.67. The molecular formula is C14H18FNO4. The lowest BCUT2D eigenvalue weighted by molar-refractivity contribution is -0.138. The average Bonchev–Trinajstić information content (AvgIpc) is 2.37. The molecule has 0 aliphatic rings. The number of carbonyl (C=O) groups is 2. The number of carboxylic acid groups (broad SMARTS) is 2. The zero-order valence-electron chi connectivity index (χ0n) is 11.1. The molecule has 0 unspecified atom stereocenters. The van der Waals surface area contributed by atoms with Crippen LogP contribution in [-0.4, -0.2) is 40.1 Å². The molecule has 0 amide bonds. The van der Waals surface area contributed by atoms with Crippen molar-refractivity contribution < 1.29 is 24.2 Å². The summed E-state index contributed by atoms with van der Waals surface area (Å²) in [5, 5.41) is 17.3. The largest absolute Gasteiger partial charge is 0.481 e. The van der Waals surface area contributed by atoms with Crippen LogP contribution < -0.4 is 0 Å². The number of aliphatic carboxylic acids is 2. The fraction of sp³-hybridized carbons (Fsp3) is 0.429. The Hall–Kier alpha value is -1.95. The Morgan fingerprint density at radius 2 is 1.70 bits per heavy atom. The van der Waals surface area contributed by atoms with Crippen molar-refractivity contribution in [1.29, 1.82) is 0 Å². The molecule has 6 heteroatoms. The maximum atomic E-state index is 13.6. The number of nitrogens with zero attached hydrogens (tertiary/aromatic N) is 1. The molecule has 0 aliphatic carbocycles. The maximum absolute atomic E-state index is 13.6. The summed E-state index contributed by atoms with van der Waals surface area (Å²) in [6.45, 7) is 0.969. The third-order valence-electron chi connectivity index (χ3n) is 2.86. The zero-order chi connectivity index (χ0) is 15.0. The predicted octanol–water partition coefficient (Wildman–Crippen LogP) is 1.97. The van der Waals surface area contributed by atoms with Crippen molar-refractivity contribution >= 4 is 11.9 Å². The first kappa shape index (κ1) is 16.1. The van der Waals surface area contributed by atoms with E-state index >= 15 is 0 Å². The van der Waals surface area contributed by atoms with Gasteiger partial charge >= 0.3 is 11.9 Å². The van der Waals surface area contributed by atoms with E-state index in [9.17, 15) is 14.0 Å². The van der Waals surface area contributed by atoms with Crippen molar-refractivity contribution in [3.63, 3.8) is 0 Å². The molecule has 0 radical (unpaired) electrons. The van der Waals surface area contributed by atoms with Crippen LogP contribution in [0.5, 0.6) is 0 Å². The Kier molecular flexibility index (Phi) is 6.66. The minimum atomic E-state index is -0.929. The van der Waals surface area contributed by atoms with Gasteiger partial charge in [-0.3, -0.25) is 14.5 Å². The second-order valence-electron chi connectivity index (χ2n) is 4.51. The fourth-order valence-corrected chi connectivity index (χ4v) is 1.85. The number of hydrogen-bond acceptors (Lipinski definition) is 3. The normalized spacial score (nSPS) is 10.7. The molecule has 0 spiro atoms. The zero-order valence-corrected chi connectivity index (χ0v) is 11.1. The van der Waals surface area contributed by atoms with Gasteiger partial charge in [0.15, 0.2) is 0 Å². The number of carboxylic acids is 2. The van der Waals surface area contributed by atoms with Gasteiger partial charge in [0.2, 0.25) is 0 Å². The minimum Gasteiger partial charge on any atom is -0.481 e. The van der Waals surface area contributed by atoms with Gasteiger partial charge in [-0.05, 0) is 19.0 Å². The summed E-state index contributed by atoms with van der Waals surface area (Å²) in [5.74, 6) is -2.16. The third-order valence-corrected chi connectivity index (χ3v) is 2.86. The SMILES string of the molecule is O=C(O)CCCN(CCC(=O)O)Cc1ccccc1F. The summed E-state index contributed by atoms with van der Waals surface area (Å²) in [6, 6.07) is 6.29. The molecule has 0 bridgehead atoms. The van der Waals surface area contributed by atoms with Gasteiger partial charge in [-0.15, -0.1) is 0 Å². The average molecular weight is 283 g/mol. The molecule has 1 aromatic carbocycles. The van der Waals surface area contributed by atoms with Gasteiger partial charge in [-0.1, -0.05) is 18.2 Å². The predicted molar refractivity (Wildman–Crippen MR) is 70.8 cm³/mol. The topological polar surface area (TPSA) is 77.8 Å². The van der Waals surface area contributed by atoms with Gasteiger partial charge in [-0.2, -0.15) is 0 Å². The molecule has 0 aromatic heterocycles. The fourth-order valence-electron chi connectivity index (χ4n) is 1.85. The second-order valence-corrected chi connectivity index (χ2v) is 4.51. The lowest BCUT2D eigenvalue weighted by Gasteiger charge is -2.21. The molecule has 0 aliphatic heterocycles. The van der Waals surface area contributed by atoms with Crippen LogP contribution >= 0.6 is 0 Å². The van der Waals surface area contributed by atoms with Crippen LogP contribution in [0.1, 0.15) is 24.8 Å². The van der Waals surface area contributed by atoms with Crippen LogP contribution in [0, 0.1) is 5.82 Å². The van der Waals surface area contributed by atoms with Crippen molar-refractivity contribution in [2.75, 3.05) is 13.1 Å². The van der Waals surface area contributed by atoms with Gasteiger partial charge in [0.05, 0.1) is 6.42 Å². The van der Waals surface area contributed by atoms with Crippen LogP contribution in [0.15, 0.2) is 24.3 Å². The smallest absolute Gasteiger partial charge is 0.304 e. The monoisotopic (exact) mass is 283 g/mol. The summed E-state index contributed by atoms with van der Waals surface area (Å²) < 4.78 is 13.6. The highest BCUT2D eigenvalue weighted by Crippen LogP contribution is 2.11. The number of hydrogen-bond donors (Lipinski definition) is 2. The van der Waals surface area contributed by atoms with E-state index in [2.05, 4.69) is 0 Å². The van der Waals surface area contributed by atoms with Gasteiger partial charge < -0.3 is 10.2 Å². The van der Waals surface area contributed by atoms with Crippen LogP contribution in [0.2, 0.25) is 0 Å². The van der Waals surface area contributed by atoms with E-state index in [1.807, 2.05) is 0 Å². The first-order valence-corrected chi connectivity index (χ1v) is 6.38. The molecule has 110 valence electrons. The molecule has 0 saturated carbocycles. The highest BCUT2D eigenvalue weighted by Gasteiger charge is 2.11. The summed E-state index contributed by atoms with van der Waals surface area (Å²) >= 11 is 0. The van der Waals surface area contributed by atoms with Gasteiger partial charge in [0.25, 0.3) is 0 Å². The molecule has 1 rings (SSSR count). The summed E-state index contributed by atoms with van der Waals surface area (Å²) in [4.78, 5) is 22.9. The van der Waals surface area contributed by atoms with Crippen molar-refractivity contribution in [3.8, 4) is 0 Å². The van der Waals surface area contributed by atoms with E-state index < -0.39 is 11.9 Å². The van der Waals surface area contributed by atoms with Crippen LogP contribution in [0.3, 0.4) is 0 Å². The summed E-state index contributed by atoms with van der Waals surface area (Å²) in [5.41, 5.74) is 0.480. The van der Waals surface area contributed by atoms with Crippen LogP contribution in [0.25, 0.3) is 0 Å². The molecule has 2 N–H and O–H groups in total. The van der Waals surface area contributed by atoms with E-state index in [-0.39, 0.29) is 31.7 Å². The number of rotatable bonds is 9. The minimum absolute atomic E-state index is 0.0147. The summed E-state index contributed by atoms with van der Waals surface area (Å²) in [7, 11) is 0. The van der Waals surface area contributed by atoms with Gasteiger partial charge in [0, 0.05) is 25.1 Å². The standard InChI is InChI=1S/C14H18FNO4/c15-12-5-2-1-4-11(12)10-16(9-7-14(19)20)8-3-6-13(17)18/h1-2,4-5H,3,6-10H2,(H,17,18)(H,19,20). The van der Waals surface area contributed by atoms with E-state index in [4.69, 9.17) is 10.2 Å². The number of benzene rings is 1. The first-order chi connectivity index (χ1) is 9.49. The van der Waals surface area contributed by atoms with Gasteiger partial charge in [-0.25, -0.2) is 4.39 Å². The number of halogens is 1. The lowest BCUT2D eigenvalue weighted by Crippen LogP contribution is -2.28. The molecular weight excluding hydrogens is 265 g/mol. The quantitative estimate of drug-likeness (QED) is 0.724. The molecule has 5 nitrogen and oxygen atoms in total. The van der Waals surface area contributed by atoms with E-state index in [1.165, 1.54) is 6.07 Å². The molecule has 0 saturated heterocycles. The second kappa shape index (κ2) is 8.27. The highest BCUT2D eigenvalue weighted by atomic mass is 19.1. The van der Waals surface area contributed by atoms with E-state index in [1.54, 1.807) is 23.1 Å². The van der Waals surface area contributed by atoms with Crippen LogP contribution in [0.4, 0.5) is 4.39 Å². The Morgan fingerprint density at radius 3 is 2.30 bits per heavy atom. The van der Waals surface area contributed by atoms with Crippen molar-refractivity contribution in [3.05, 3.63) is 35.6 Å². The Labute approximate surface area is 116 Å². The molecule has 0 fully saturated rings. The Balaban J connectivity index is 2.59. The maximum Gasteiger partial charge on any atom is 0.304 e. The van der Waals surface area contributed by atoms with Gasteiger partial charge in [0.1, 0.15) is 5.82 Å². The Morgan fingerprint density at radius 1 is 1.05 bits per heavy atom. The lowest BCUT2D eigenvalue weighted by atomic mass is 10.2. The molecule has 0 atom stereocenters. The van der Waals surface area contributed by atoms with Crippen molar-refractivity contribution in [2.45, 2.75) is 25.8 Å².